The van der Waals surface area contributed by atoms with Crippen LogP contribution in [0.4, 0.5) is 4.79 Å². The first-order valence-electron chi connectivity index (χ1n) is 14.9. The van der Waals surface area contributed by atoms with Gasteiger partial charge >= 0.3 is 12.1 Å². The lowest BCUT2D eigenvalue weighted by molar-refractivity contribution is -0.141. The number of hydrogen-bond donors (Lipinski definition) is 1. The molecule has 2 heterocycles. The summed E-state index contributed by atoms with van der Waals surface area (Å²) in [5.41, 5.74) is 2.44. The van der Waals surface area contributed by atoms with E-state index in [4.69, 9.17) is 32.8 Å². The van der Waals surface area contributed by atoms with E-state index in [1.54, 1.807) is 14.2 Å². The van der Waals surface area contributed by atoms with E-state index in [2.05, 4.69) is 39.2 Å². The highest BCUT2D eigenvalue weighted by atomic mass is 28.4. The fourth-order valence-corrected chi connectivity index (χ4v) is 6.83. The van der Waals surface area contributed by atoms with Crippen LogP contribution >= 0.6 is 0 Å². The molecule has 4 atom stereocenters. The lowest BCUT2D eigenvalue weighted by Gasteiger charge is -2.40. The summed E-state index contributed by atoms with van der Waals surface area (Å²) in [7, 11) is 0.942. The van der Waals surface area contributed by atoms with Gasteiger partial charge in [0.15, 0.2) is 28.7 Å². The number of methoxy groups -OCH3 is 2. The number of hydrogen-bond acceptors (Lipinski definition) is 9. The predicted octanol–water partition coefficient (Wildman–Crippen LogP) is 6.32. The van der Waals surface area contributed by atoms with Gasteiger partial charge in [0.2, 0.25) is 6.79 Å². The van der Waals surface area contributed by atoms with E-state index in [9.17, 15) is 9.59 Å². The zero-order valence-corrected chi connectivity index (χ0v) is 27.3. The molecule has 1 amide bonds. The van der Waals surface area contributed by atoms with Gasteiger partial charge in [-0.25, -0.2) is 4.79 Å². The molecule has 1 saturated heterocycles. The predicted molar refractivity (Wildman–Crippen MR) is 162 cm³/mol. The van der Waals surface area contributed by atoms with Crippen LogP contribution < -0.4 is 28.7 Å². The summed E-state index contributed by atoms with van der Waals surface area (Å²) in [6.07, 6.45) is 1.14. The Kier molecular flexibility index (Phi) is 8.48. The lowest BCUT2D eigenvalue weighted by Crippen LogP contribution is -2.44. The number of amides is 1. The second kappa shape index (κ2) is 11.8. The fraction of sp³-hybridized carbons (Fsp3) is 0.562. The molecule has 1 aliphatic carbocycles. The molecule has 3 aliphatic rings. The average Bonchev–Trinajstić information content (AvgIpc) is 3.57. The van der Waals surface area contributed by atoms with Gasteiger partial charge in [-0.2, -0.15) is 0 Å². The quantitative estimate of drug-likeness (QED) is 0.197. The molecule has 43 heavy (non-hydrogen) atoms. The van der Waals surface area contributed by atoms with E-state index in [-0.39, 0.29) is 30.3 Å². The smallest absolute Gasteiger partial charge is 0.407 e. The molecule has 234 valence electrons. The average molecular weight is 614 g/mol. The number of carbonyl (C=O) groups is 2. The maximum atomic E-state index is 13.4. The molecule has 1 fully saturated rings. The van der Waals surface area contributed by atoms with E-state index in [0.717, 1.165) is 29.5 Å². The van der Waals surface area contributed by atoms with Crippen molar-refractivity contribution < 1.29 is 42.4 Å². The Labute approximate surface area is 254 Å². The third-order valence-electron chi connectivity index (χ3n) is 9.20. The number of benzene rings is 2. The highest BCUT2D eigenvalue weighted by molar-refractivity contribution is 6.74. The topological polar surface area (TPSA) is 111 Å². The summed E-state index contributed by atoms with van der Waals surface area (Å²) in [6, 6.07) is 7.10. The van der Waals surface area contributed by atoms with Crippen molar-refractivity contribution >= 4 is 20.4 Å². The minimum absolute atomic E-state index is 0.0486. The number of ether oxygens (including phenoxy) is 6. The van der Waals surface area contributed by atoms with Gasteiger partial charge in [-0.15, -0.1) is 0 Å². The van der Waals surface area contributed by atoms with Crippen molar-refractivity contribution in [3.8, 4) is 28.7 Å². The van der Waals surface area contributed by atoms with Crippen molar-refractivity contribution in [1.82, 2.24) is 5.32 Å². The molecule has 1 N–H and O–H groups in total. The van der Waals surface area contributed by atoms with Gasteiger partial charge in [0.1, 0.15) is 0 Å². The van der Waals surface area contributed by atoms with Gasteiger partial charge in [-0.05, 0) is 65.5 Å². The first-order chi connectivity index (χ1) is 20.4. The first kappa shape index (κ1) is 30.8. The summed E-state index contributed by atoms with van der Waals surface area (Å²) in [4.78, 5) is 26.3. The summed E-state index contributed by atoms with van der Waals surface area (Å²) in [5, 5.41) is 2.98. The van der Waals surface area contributed by atoms with Gasteiger partial charge in [-0.3, -0.25) is 4.79 Å². The molecule has 2 aromatic carbocycles. The van der Waals surface area contributed by atoms with Crippen LogP contribution in [0.15, 0.2) is 24.3 Å². The minimum atomic E-state index is -2.25. The minimum Gasteiger partial charge on any atom is -0.539 e. The fourth-order valence-electron chi connectivity index (χ4n) is 5.81. The van der Waals surface area contributed by atoms with Crippen LogP contribution in [0.2, 0.25) is 18.1 Å². The molecule has 5 rings (SSSR count). The first-order valence-corrected chi connectivity index (χ1v) is 17.8. The van der Waals surface area contributed by atoms with Crippen molar-refractivity contribution in [2.75, 3.05) is 34.2 Å². The Morgan fingerprint density at radius 2 is 1.63 bits per heavy atom. The van der Waals surface area contributed by atoms with Crippen LogP contribution in [0, 0.1) is 11.8 Å². The number of rotatable bonds is 9. The Hall–Kier alpha value is -3.60. The van der Waals surface area contributed by atoms with Gasteiger partial charge in [0.25, 0.3) is 8.32 Å². The lowest BCUT2D eigenvalue weighted by atomic mass is 9.65. The van der Waals surface area contributed by atoms with E-state index in [1.807, 2.05) is 31.2 Å². The number of esters is 1. The second-order valence-electron chi connectivity index (χ2n) is 12.9. The van der Waals surface area contributed by atoms with Crippen molar-refractivity contribution in [3.63, 3.8) is 0 Å². The molecule has 11 heteroatoms. The molecule has 0 radical (unpaired) electrons. The molecular weight excluding hydrogens is 570 g/mol. The van der Waals surface area contributed by atoms with Crippen LogP contribution in [0.25, 0.3) is 0 Å². The number of carbonyl (C=O) groups excluding carboxylic acids is 2. The zero-order valence-electron chi connectivity index (χ0n) is 26.3. The molecule has 0 spiro atoms. The summed E-state index contributed by atoms with van der Waals surface area (Å²) in [6.45, 7) is 13.5. The third kappa shape index (κ3) is 5.71. The molecule has 10 nitrogen and oxygen atoms in total. The monoisotopic (exact) mass is 613 g/mol. The van der Waals surface area contributed by atoms with Gasteiger partial charge < -0.3 is 38.2 Å². The van der Waals surface area contributed by atoms with Crippen LogP contribution in [0.1, 0.15) is 69.2 Å². The number of cyclic esters (lactones) is 1. The maximum absolute atomic E-state index is 13.4. The SMILES string of the molecule is CCCCOC(=O)N[C@@H]1c2cc3c(cc2[C@@H](c2cc(OC)c(O[Si](C)(C)C(C)(C)C)c(OC)c2)[C@H]2C(=O)OC[C@@H]21)OCO3. The highest BCUT2D eigenvalue weighted by Crippen LogP contribution is 2.56. The zero-order chi connectivity index (χ0) is 31.1. The molecule has 0 bridgehead atoms. The normalized spacial score (nSPS) is 22.3. The Morgan fingerprint density at radius 3 is 2.21 bits per heavy atom. The van der Waals surface area contributed by atoms with Crippen molar-refractivity contribution in [2.24, 2.45) is 11.8 Å². The van der Waals surface area contributed by atoms with Gasteiger partial charge in [-0.1, -0.05) is 34.1 Å². The van der Waals surface area contributed by atoms with Crippen molar-refractivity contribution in [3.05, 3.63) is 41.0 Å². The van der Waals surface area contributed by atoms with E-state index >= 15 is 0 Å². The number of fused-ring (bicyclic) bond motifs is 3. The Bertz CT molecular complexity index is 1360. The maximum Gasteiger partial charge on any atom is 0.407 e. The van der Waals surface area contributed by atoms with Gasteiger partial charge in [0, 0.05) is 11.8 Å². The summed E-state index contributed by atoms with van der Waals surface area (Å²) in [5.74, 6) is 1.04. The molecule has 0 aromatic heterocycles. The molecule has 0 saturated carbocycles. The van der Waals surface area contributed by atoms with Crippen LogP contribution in [0.3, 0.4) is 0 Å². The van der Waals surface area contributed by atoms with Crippen LogP contribution in [-0.2, 0) is 14.3 Å². The van der Waals surface area contributed by atoms with E-state index in [1.165, 1.54) is 0 Å². The molecule has 2 aliphatic heterocycles. The number of nitrogens with one attached hydrogen (secondary N) is 1. The molecule has 2 aromatic rings. The third-order valence-corrected chi connectivity index (χ3v) is 13.5. The largest absolute Gasteiger partial charge is 0.539 e. The summed E-state index contributed by atoms with van der Waals surface area (Å²) < 4.78 is 41.0. The van der Waals surface area contributed by atoms with E-state index in [0.29, 0.717) is 35.4 Å². The molecule has 0 unspecified atom stereocenters. The highest BCUT2D eigenvalue weighted by Gasteiger charge is 2.53. The molecular formula is C32H43NO9Si. The number of alkyl carbamates (subject to hydrolysis) is 1. The second-order valence-corrected chi connectivity index (χ2v) is 17.6. The Morgan fingerprint density at radius 1 is 1.00 bits per heavy atom. The number of unbranched alkanes of at least 4 members (excludes halogenated alkanes) is 1. The van der Waals surface area contributed by atoms with E-state index < -0.39 is 32.3 Å². The Balaban J connectivity index is 1.63. The van der Waals surface area contributed by atoms with Gasteiger partial charge in [0.05, 0.1) is 39.4 Å². The van der Waals surface area contributed by atoms with Crippen LogP contribution in [0.5, 0.6) is 28.7 Å². The van der Waals surface area contributed by atoms with Crippen LogP contribution in [-0.4, -0.2) is 54.6 Å². The van der Waals surface area contributed by atoms with Crippen molar-refractivity contribution in [1.29, 1.82) is 0 Å². The van der Waals surface area contributed by atoms with Crippen molar-refractivity contribution in [2.45, 2.75) is 70.6 Å². The standard InChI is InChI=1S/C32H43NO9Si/c1-9-10-11-38-31(35)33-28-20-15-23-22(40-17-41-23)14-19(20)26(27-21(28)16-39-30(27)34)18-12-24(36-5)29(25(13-18)37-6)42-43(7,8)32(2,3)4/h12-15,21,26-28H,9-11,16-17H2,1-8H3,(H,33,35)/t21-,26+,27-,28+/m0/s1. The summed E-state index contributed by atoms with van der Waals surface area (Å²) >= 11 is 0.